The highest BCUT2D eigenvalue weighted by molar-refractivity contribution is 8.18. The first-order valence-corrected chi connectivity index (χ1v) is 12.5. The maximum absolute atomic E-state index is 13.1. The van der Waals surface area contributed by atoms with Gasteiger partial charge in [0.2, 0.25) is 0 Å². The summed E-state index contributed by atoms with van der Waals surface area (Å²) in [5.74, 6) is -0.962. The van der Waals surface area contributed by atoms with Crippen molar-refractivity contribution >= 4 is 81.4 Å². The van der Waals surface area contributed by atoms with Crippen LogP contribution in [0.5, 0.6) is 11.5 Å². The number of imide groups is 1. The third-order valence-electron chi connectivity index (χ3n) is 5.08. The van der Waals surface area contributed by atoms with Gasteiger partial charge in [0.15, 0.2) is 11.5 Å². The average molecular weight is 583 g/mol. The number of esters is 1. The molecule has 0 unspecified atom stereocenters. The second-order valence-electron chi connectivity index (χ2n) is 7.40. The van der Waals surface area contributed by atoms with Gasteiger partial charge in [-0.1, -0.05) is 64.6 Å². The molecule has 1 heterocycles. The number of ether oxygens (including phenoxy) is 2. The lowest BCUT2D eigenvalue weighted by Gasteiger charge is -2.14. The number of amides is 2. The minimum absolute atomic E-state index is 0.0208. The minimum Gasteiger partial charge on any atom is -0.493 e. The molecule has 1 aliphatic heterocycles. The summed E-state index contributed by atoms with van der Waals surface area (Å²) in [5.41, 5.74) is 1.02. The van der Waals surface area contributed by atoms with Crippen LogP contribution in [0.4, 0.5) is 4.79 Å². The van der Waals surface area contributed by atoms with E-state index in [1.807, 2.05) is 0 Å². The van der Waals surface area contributed by atoms with Crippen molar-refractivity contribution in [1.29, 1.82) is 0 Å². The van der Waals surface area contributed by atoms with Gasteiger partial charge in [-0.2, -0.15) is 0 Å². The molecule has 3 aromatic rings. The van der Waals surface area contributed by atoms with E-state index in [9.17, 15) is 14.4 Å². The summed E-state index contributed by atoms with van der Waals surface area (Å²) >= 11 is 25.0. The molecule has 1 saturated heterocycles. The van der Waals surface area contributed by atoms with Gasteiger partial charge in [0.05, 0.1) is 29.1 Å². The molecule has 2 amide bonds. The number of para-hydroxylation sites is 1. The molecule has 0 spiro atoms. The van der Waals surface area contributed by atoms with Gasteiger partial charge < -0.3 is 9.47 Å². The summed E-state index contributed by atoms with van der Waals surface area (Å²) in [6, 6.07) is 14.1. The van der Waals surface area contributed by atoms with Crippen molar-refractivity contribution in [3.8, 4) is 11.5 Å². The van der Waals surface area contributed by atoms with Crippen LogP contribution in [0.1, 0.15) is 21.5 Å². The molecule has 1 fully saturated rings. The molecule has 3 aromatic carbocycles. The lowest BCUT2D eigenvalue weighted by atomic mass is 10.1. The fraction of sp³-hybridized carbons (Fsp3) is 0.0800. The molecule has 4 rings (SSSR count). The lowest BCUT2D eigenvalue weighted by Crippen LogP contribution is -2.27. The zero-order valence-electron chi connectivity index (χ0n) is 18.4. The van der Waals surface area contributed by atoms with Crippen LogP contribution in [0, 0.1) is 0 Å². The standard InChI is InChI=1S/C25H15Cl4NO5S/c1-34-20-4-2-3-13(22(20)35-24(32)17-8-7-16(27)11-19(17)29)9-21-23(31)30(25(33)36-21)12-14-5-6-15(26)10-18(14)28/h2-11H,12H2,1H3/b21-9-. The third-order valence-corrected chi connectivity index (χ3v) is 7.12. The molecule has 0 bridgehead atoms. The molecule has 6 nitrogen and oxygen atoms in total. The van der Waals surface area contributed by atoms with Crippen LogP contribution < -0.4 is 9.47 Å². The van der Waals surface area contributed by atoms with Gasteiger partial charge in [0.1, 0.15) is 0 Å². The Kier molecular flexibility index (Phi) is 8.17. The van der Waals surface area contributed by atoms with E-state index in [2.05, 4.69) is 0 Å². The summed E-state index contributed by atoms with van der Waals surface area (Å²) in [5, 5.41) is 0.800. The van der Waals surface area contributed by atoms with Crippen LogP contribution in [0.15, 0.2) is 59.5 Å². The minimum atomic E-state index is -0.749. The molecular formula is C25H15Cl4NO5S. The Balaban J connectivity index is 1.64. The predicted octanol–water partition coefficient (Wildman–Crippen LogP) is 7.76. The summed E-state index contributed by atoms with van der Waals surface area (Å²) in [6.07, 6.45) is 1.46. The molecule has 0 N–H and O–H groups in total. The van der Waals surface area contributed by atoms with Crippen LogP contribution in [0.2, 0.25) is 20.1 Å². The molecule has 0 radical (unpaired) electrons. The zero-order valence-corrected chi connectivity index (χ0v) is 22.2. The third kappa shape index (κ3) is 5.66. The molecular weight excluding hydrogens is 568 g/mol. The van der Waals surface area contributed by atoms with E-state index in [-0.39, 0.29) is 33.5 Å². The van der Waals surface area contributed by atoms with Gasteiger partial charge in [-0.3, -0.25) is 14.5 Å². The Bertz CT molecular complexity index is 1430. The van der Waals surface area contributed by atoms with E-state index in [1.165, 1.54) is 37.5 Å². The van der Waals surface area contributed by atoms with Gasteiger partial charge >= 0.3 is 5.97 Å². The van der Waals surface area contributed by atoms with E-state index >= 15 is 0 Å². The van der Waals surface area contributed by atoms with Crippen LogP contribution in [-0.4, -0.2) is 29.1 Å². The van der Waals surface area contributed by atoms with E-state index in [0.717, 1.165) is 16.7 Å². The molecule has 11 heteroatoms. The number of hydrogen-bond donors (Lipinski definition) is 0. The SMILES string of the molecule is COc1cccc(/C=C2\SC(=O)N(Cc3ccc(Cl)cc3Cl)C2=O)c1OC(=O)c1ccc(Cl)cc1Cl. The fourth-order valence-electron chi connectivity index (χ4n) is 3.32. The summed E-state index contributed by atoms with van der Waals surface area (Å²) in [4.78, 5) is 39.8. The zero-order chi connectivity index (χ0) is 26.0. The van der Waals surface area contributed by atoms with Crippen LogP contribution in [0.3, 0.4) is 0 Å². The maximum atomic E-state index is 13.1. The van der Waals surface area contributed by atoms with E-state index in [0.29, 0.717) is 26.2 Å². The highest BCUT2D eigenvalue weighted by Crippen LogP contribution is 2.39. The highest BCUT2D eigenvalue weighted by Gasteiger charge is 2.35. The summed E-state index contributed by atoms with van der Waals surface area (Å²) < 4.78 is 11.0. The predicted molar refractivity (Wildman–Crippen MR) is 142 cm³/mol. The first-order chi connectivity index (χ1) is 17.2. The quantitative estimate of drug-likeness (QED) is 0.168. The molecule has 0 aromatic heterocycles. The smallest absolute Gasteiger partial charge is 0.345 e. The van der Waals surface area contributed by atoms with Crippen molar-refractivity contribution in [2.24, 2.45) is 0 Å². The van der Waals surface area contributed by atoms with Gasteiger partial charge in [0, 0.05) is 20.6 Å². The second kappa shape index (κ2) is 11.2. The van der Waals surface area contributed by atoms with E-state index < -0.39 is 17.1 Å². The van der Waals surface area contributed by atoms with Gasteiger partial charge in [-0.05, 0) is 59.8 Å². The monoisotopic (exact) mass is 581 g/mol. The summed E-state index contributed by atoms with van der Waals surface area (Å²) in [7, 11) is 1.41. The first kappa shape index (κ1) is 26.4. The number of carbonyl (C=O) groups excluding carboxylic acids is 3. The Hall–Kier alpha value is -2.68. The van der Waals surface area contributed by atoms with Gasteiger partial charge in [-0.15, -0.1) is 0 Å². The molecule has 0 saturated carbocycles. The number of methoxy groups -OCH3 is 1. The Morgan fingerprint density at radius 2 is 1.67 bits per heavy atom. The topological polar surface area (TPSA) is 72.9 Å². The fourth-order valence-corrected chi connectivity index (χ4v) is 5.10. The Morgan fingerprint density at radius 3 is 2.33 bits per heavy atom. The Morgan fingerprint density at radius 1 is 0.972 bits per heavy atom. The molecule has 184 valence electrons. The largest absolute Gasteiger partial charge is 0.493 e. The number of thioether (sulfide) groups is 1. The lowest BCUT2D eigenvalue weighted by molar-refractivity contribution is -0.123. The average Bonchev–Trinajstić information content (AvgIpc) is 3.08. The van der Waals surface area contributed by atoms with Gasteiger partial charge in [-0.25, -0.2) is 4.79 Å². The number of halogens is 4. The maximum Gasteiger partial charge on any atom is 0.345 e. The normalized spacial score (nSPS) is 14.5. The van der Waals surface area contributed by atoms with Crippen molar-refractivity contribution in [3.63, 3.8) is 0 Å². The highest BCUT2D eigenvalue weighted by atomic mass is 35.5. The second-order valence-corrected chi connectivity index (χ2v) is 10.1. The van der Waals surface area contributed by atoms with Crippen molar-refractivity contribution in [3.05, 3.63) is 96.3 Å². The van der Waals surface area contributed by atoms with Crippen molar-refractivity contribution in [2.45, 2.75) is 6.54 Å². The van der Waals surface area contributed by atoms with Crippen molar-refractivity contribution < 1.29 is 23.9 Å². The van der Waals surface area contributed by atoms with Crippen LogP contribution in [-0.2, 0) is 11.3 Å². The molecule has 36 heavy (non-hydrogen) atoms. The van der Waals surface area contributed by atoms with Crippen LogP contribution in [0.25, 0.3) is 6.08 Å². The first-order valence-electron chi connectivity index (χ1n) is 10.2. The number of carbonyl (C=O) groups is 3. The Labute approximate surface area is 230 Å². The summed E-state index contributed by atoms with van der Waals surface area (Å²) in [6.45, 7) is -0.0208. The van der Waals surface area contributed by atoms with E-state index in [4.69, 9.17) is 55.9 Å². The number of hydrogen-bond acceptors (Lipinski definition) is 6. The number of nitrogens with zero attached hydrogens (tertiary/aromatic N) is 1. The van der Waals surface area contributed by atoms with Gasteiger partial charge in [0.25, 0.3) is 11.1 Å². The molecule has 1 aliphatic rings. The van der Waals surface area contributed by atoms with Crippen molar-refractivity contribution in [2.75, 3.05) is 7.11 Å². The number of benzene rings is 3. The van der Waals surface area contributed by atoms with Crippen molar-refractivity contribution in [1.82, 2.24) is 4.90 Å². The molecule has 0 aliphatic carbocycles. The van der Waals surface area contributed by atoms with Crippen LogP contribution >= 0.6 is 58.2 Å². The molecule has 0 atom stereocenters. The number of rotatable bonds is 6. The van der Waals surface area contributed by atoms with E-state index in [1.54, 1.807) is 30.3 Å².